The van der Waals surface area contributed by atoms with Gasteiger partial charge in [-0.1, -0.05) is 40.2 Å². The highest BCUT2D eigenvalue weighted by Crippen LogP contribution is 2.49. The van der Waals surface area contributed by atoms with E-state index in [1.54, 1.807) is 24.3 Å². The molecule has 0 saturated heterocycles. The summed E-state index contributed by atoms with van der Waals surface area (Å²) in [6.45, 7) is 1.24. The average Bonchev–Trinajstić information content (AvgIpc) is 3.48. The molecule has 2 aromatic rings. The first-order chi connectivity index (χ1) is 13.7. The number of hydrogen-bond acceptors (Lipinski definition) is 2. The molecule has 1 aliphatic rings. The Bertz CT molecular complexity index is 909. The molecule has 0 unspecified atom stereocenters. The van der Waals surface area contributed by atoms with Crippen molar-refractivity contribution in [3.05, 3.63) is 64.1 Å². The van der Waals surface area contributed by atoms with E-state index in [1.165, 1.54) is 6.92 Å². The van der Waals surface area contributed by atoms with Crippen molar-refractivity contribution in [2.45, 2.75) is 37.9 Å². The number of anilines is 1. The molecule has 1 aliphatic carbocycles. The topological polar surface area (TPSA) is 49.4 Å². The molecule has 0 radical (unpaired) electrons. The largest absolute Gasteiger partial charge is 0.471 e. The van der Waals surface area contributed by atoms with Crippen LogP contribution in [0.25, 0.3) is 0 Å². The molecule has 2 aromatic carbocycles. The predicted octanol–water partition coefficient (Wildman–Crippen LogP) is 5.03. The van der Waals surface area contributed by atoms with Gasteiger partial charge in [0.05, 0.1) is 5.41 Å². The van der Waals surface area contributed by atoms with E-state index in [1.807, 2.05) is 24.3 Å². The summed E-state index contributed by atoms with van der Waals surface area (Å²) < 4.78 is 39.1. The molecule has 1 saturated carbocycles. The van der Waals surface area contributed by atoms with E-state index in [2.05, 4.69) is 21.2 Å². The van der Waals surface area contributed by atoms with Gasteiger partial charge in [0.15, 0.2) is 0 Å². The van der Waals surface area contributed by atoms with Gasteiger partial charge >= 0.3 is 12.1 Å². The van der Waals surface area contributed by atoms with Crippen LogP contribution in [0.2, 0.25) is 0 Å². The Balaban J connectivity index is 1.72. The number of amides is 2. The van der Waals surface area contributed by atoms with Gasteiger partial charge in [0.1, 0.15) is 0 Å². The van der Waals surface area contributed by atoms with Crippen molar-refractivity contribution in [2.24, 2.45) is 0 Å². The number of hydrogen-bond donors (Lipinski definition) is 1. The van der Waals surface area contributed by atoms with Crippen LogP contribution < -0.4 is 5.32 Å². The Morgan fingerprint density at radius 2 is 1.79 bits per heavy atom. The van der Waals surface area contributed by atoms with Gasteiger partial charge in [0, 0.05) is 23.2 Å². The first-order valence-corrected chi connectivity index (χ1v) is 9.97. The maximum Gasteiger partial charge on any atom is 0.471 e. The summed E-state index contributed by atoms with van der Waals surface area (Å²) in [4.78, 5) is 25.1. The van der Waals surface area contributed by atoms with Gasteiger partial charge in [-0.15, -0.1) is 0 Å². The van der Waals surface area contributed by atoms with E-state index >= 15 is 0 Å². The molecule has 0 atom stereocenters. The van der Waals surface area contributed by atoms with E-state index in [-0.39, 0.29) is 19.0 Å². The van der Waals surface area contributed by atoms with Crippen molar-refractivity contribution >= 4 is 33.4 Å². The van der Waals surface area contributed by atoms with Crippen LogP contribution in [0.3, 0.4) is 0 Å². The first-order valence-electron chi connectivity index (χ1n) is 9.18. The van der Waals surface area contributed by atoms with Gasteiger partial charge in [-0.2, -0.15) is 13.2 Å². The van der Waals surface area contributed by atoms with Crippen molar-refractivity contribution < 1.29 is 22.8 Å². The quantitative estimate of drug-likeness (QED) is 0.646. The van der Waals surface area contributed by atoms with Crippen molar-refractivity contribution in [3.8, 4) is 0 Å². The van der Waals surface area contributed by atoms with Crippen molar-refractivity contribution in [1.29, 1.82) is 0 Å². The summed E-state index contributed by atoms with van der Waals surface area (Å²) in [6, 6.07) is 14.2. The standard InChI is InChI=1S/C21H20BrF3N2O2/c1-2-27(19(29)21(23,24)25)13-14-4-3-5-17(12-14)26-18(28)20(10-11-20)15-6-8-16(22)9-7-15/h3-9,12H,2,10-11,13H2,1H3,(H,26,28). The van der Waals surface area contributed by atoms with E-state index < -0.39 is 17.5 Å². The third-order valence-corrected chi connectivity index (χ3v) is 5.58. The van der Waals surface area contributed by atoms with E-state index in [4.69, 9.17) is 0 Å². The minimum absolute atomic E-state index is 0.0678. The molecule has 0 spiro atoms. The lowest BCUT2D eigenvalue weighted by atomic mass is 9.95. The zero-order valence-corrected chi connectivity index (χ0v) is 17.3. The molecular formula is C21H20BrF3N2O2. The SMILES string of the molecule is CCN(Cc1cccc(NC(=O)C2(c3ccc(Br)cc3)CC2)c1)C(=O)C(F)(F)F. The van der Waals surface area contributed by atoms with Crippen molar-refractivity contribution in [3.63, 3.8) is 0 Å². The third kappa shape index (κ3) is 4.80. The Kier molecular flexibility index (Phi) is 6.03. The van der Waals surface area contributed by atoms with Gasteiger partial charge in [-0.25, -0.2) is 0 Å². The van der Waals surface area contributed by atoms with E-state index in [0.29, 0.717) is 11.3 Å². The van der Waals surface area contributed by atoms with Crippen LogP contribution in [0.1, 0.15) is 30.9 Å². The lowest BCUT2D eigenvalue weighted by Gasteiger charge is -2.22. The van der Waals surface area contributed by atoms with Crippen LogP contribution in [-0.4, -0.2) is 29.4 Å². The average molecular weight is 469 g/mol. The van der Waals surface area contributed by atoms with Crippen LogP contribution in [0.4, 0.5) is 18.9 Å². The number of nitrogens with one attached hydrogen (secondary N) is 1. The molecular weight excluding hydrogens is 449 g/mol. The molecule has 4 nitrogen and oxygen atoms in total. The summed E-state index contributed by atoms with van der Waals surface area (Å²) in [5.41, 5.74) is 1.36. The zero-order valence-electron chi connectivity index (χ0n) is 15.7. The monoisotopic (exact) mass is 468 g/mol. The minimum Gasteiger partial charge on any atom is -0.331 e. The van der Waals surface area contributed by atoms with Gasteiger partial charge < -0.3 is 10.2 Å². The molecule has 1 N–H and O–H groups in total. The van der Waals surface area contributed by atoms with Crippen molar-refractivity contribution in [2.75, 3.05) is 11.9 Å². The summed E-state index contributed by atoms with van der Waals surface area (Å²) in [7, 11) is 0. The number of carbonyl (C=O) groups excluding carboxylic acids is 2. The van der Waals surface area contributed by atoms with Crippen LogP contribution in [0.5, 0.6) is 0 Å². The molecule has 0 aromatic heterocycles. The molecule has 154 valence electrons. The fourth-order valence-electron chi connectivity index (χ4n) is 3.27. The summed E-state index contributed by atoms with van der Waals surface area (Å²) in [5.74, 6) is -2.02. The van der Waals surface area contributed by atoms with E-state index in [9.17, 15) is 22.8 Å². The normalized spacial score (nSPS) is 14.9. The third-order valence-electron chi connectivity index (χ3n) is 5.05. The second-order valence-corrected chi connectivity index (χ2v) is 7.98. The predicted molar refractivity (Wildman–Crippen MR) is 107 cm³/mol. The maximum atomic E-state index is 12.9. The number of benzene rings is 2. The van der Waals surface area contributed by atoms with Gasteiger partial charge in [0.2, 0.25) is 5.91 Å². The zero-order chi connectivity index (χ0) is 21.2. The highest BCUT2D eigenvalue weighted by Gasteiger charge is 2.51. The molecule has 29 heavy (non-hydrogen) atoms. The highest BCUT2D eigenvalue weighted by atomic mass is 79.9. The second-order valence-electron chi connectivity index (χ2n) is 7.06. The summed E-state index contributed by atoms with van der Waals surface area (Å²) in [5, 5.41) is 2.87. The lowest BCUT2D eigenvalue weighted by Crippen LogP contribution is -2.40. The molecule has 0 heterocycles. The van der Waals surface area contributed by atoms with Crippen molar-refractivity contribution in [1.82, 2.24) is 4.90 Å². The number of carbonyl (C=O) groups is 2. The maximum absolute atomic E-state index is 12.9. The molecule has 0 aliphatic heterocycles. The van der Waals surface area contributed by atoms with Gasteiger partial charge in [-0.05, 0) is 55.2 Å². The van der Waals surface area contributed by atoms with Gasteiger partial charge in [-0.3, -0.25) is 9.59 Å². The Labute approximate surface area is 175 Å². The van der Waals surface area contributed by atoms with E-state index in [0.717, 1.165) is 27.8 Å². The first kappa shape index (κ1) is 21.4. The minimum atomic E-state index is -4.91. The number of rotatable bonds is 6. The molecule has 8 heteroatoms. The van der Waals surface area contributed by atoms with Crippen LogP contribution >= 0.6 is 15.9 Å². The molecule has 1 fully saturated rings. The second kappa shape index (κ2) is 8.18. The molecule has 2 amide bonds. The lowest BCUT2D eigenvalue weighted by molar-refractivity contribution is -0.185. The number of alkyl halides is 3. The summed E-state index contributed by atoms with van der Waals surface area (Å²) in [6.07, 6.45) is -3.43. The fraction of sp³-hybridized carbons (Fsp3) is 0.333. The summed E-state index contributed by atoms with van der Waals surface area (Å²) >= 11 is 3.38. The fourth-order valence-corrected chi connectivity index (χ4v) is 3.53. The number of halogens is 4. The highest BCUT2D eigenvalue weighted by molar-refractivity contribution is 9.10. The Morgan fingerprint density at radius 1 is 1.14 bits per heavy atom. The number of nitrogens with zero attached hydrogens (tertiary/aromatic N) is 1. The van der Waals surface area contributed by atoms with Gasteiger partial charge in [0.25, 0.3) is 0 Å². The Hall–Kier alpha value is -2.35. The van der Waals surface area contributed by atoms with Crippen LogP contribution in [-0.2, 0) is 21.5 Å². The van der Waals surface area contributed by atoms with Crippen LogP contribution in [0.15, 0.2) is 53.0 Å². The molecule has 0 bridgehead atoms. The van der Waals surface area contributed by atoms with Crippen LogP contribution in [0, 0.1) is 0 Å². The Morgan fingerprint density at radius 3 is 2.34 bits per heavy atom. The molecule has 3 rings (SSSR count). The smallest absolute Gasteiger partial charge is 0.331 e.